The molecule has 0 bridgehead atoms. The number of furan rings is 1. The molecule has 2 nitrogen and oxygen atoms in total. The van der Waals surface area contributed by atoms with E-state index < -0.39 is 0 Å². The average molecular weight is 302 g/mol. The van der Waals surface area contributed by atoms with Crippen LogP contribution in [-0.2, 0) is 0 Å². The van der Waals surface area contributed by atoms with Crippen molar-refractivity contribution in [3.05, 3.63) is 22.6 Å². The van der Waals surface area contributed by atoms with Crippen LogP contribution < -0.4 is 5.32 Å². The second kappa shape index (κ2) is 7.93. The van der Waals surface area contributed by atoms with Gasteiger partial charge in [-0.3, -0.25) is 0 Å². The zero-order chi connectivity index (χ0) is 12.7. The van der Waals surface area contributed by atoms with Gasteiger partial charge in [0.25, 0.3) is 0 Å². The molecule has 98 valence electrons. The Balaban J connectivity index is 2.52. The van der Waals surface area contributed by atoms with Gasteiger partial charge in [0.05, 0.1) is 6.26 Å². The van der Waals surface area contributed by atoms with Gasteiger partial charge in [-0.15, -0.1) is 0 Å². The Labute approximate surface area is 113 Å². The van der Waals surface area contributed by atoms with E-state index in [1.807, 2.05) is 0 Å². The summed E-state index contributed by atoms with van der Waals surface area (Å²) >= 11 is 3.47. The van der Waals surface area contributed by atoms with Crippen LogP contribution in [0.3, 0.4) is 0 Å². The van der Waals surface area contributed by atoms with Gasteiger partial charge >= 0.3 is 0 Å². The Hall–Kier alpha value is -0.280. The largest absolute Gasteiger partial charge is 0.457 e. The van der Waals surface area contributed by atoms with E-state index in [-0.39, 0.29) is 0 Å². The Morgan fingerprint density at radius 2 is 2.12 bits per heavy atom. The molecule has 1 aromatic rings. The molecule has 0 spiro atoms. The van der Waals surface area contributed by atoms with E-state index >= 15 is 0 Å². The van der Waals surface area contributed by atoms with E-state index in [1.165, 1.54) is 24.8 Å². The van der Waals surface area contributed by atoms with Crippen molar-refractivity contribution >= 4 is 15.9 Å². The highest BCUT2D eigenvalue weighted by molar-refractivity contribution is 9.10. The van der Waals surface area contributed by atoms with Crippen molar-refractivity contribution in [3.8, 4) is 0 Å². The SMILES string of the molecule is CCCNC(CCCC(C)C)c1ccoc1Br. The third-order valence-electron chi connectivity index (χ3n) is 2.94. The molecule has 1 heterocycles. The standard InChI is InChI=1S/C14H24BrNO/c1-4-9-16-13(7-5-6-11(2)3)12-8-10-17-14(12)15/h8,10-11,13,16H,4-7,9H2,1-3H3. The van der Waals surface area contributed by atoms with Crippen molar-refractivity contribution in [2.75, 3.05) is 6.54 Å². The van der Waals surface area contributed by atoms with Crippen molar-refractivity contribution in [2.24, 2.45) is 5.92 Å². The molecule has 17 heavy (non-hydrogen) atoms. The topological polar surface area (TPSA) is 25.2 Å². The average Bonchev–Trinajstić information content (AvgIpc) is 2.69. The molecule has 0 aliphatic rings. The van der Waals surface area contributed by atoms with Crippen molar-refractivity contribution in [1.82, 2.24) is 5.32 Å². The molecule has 1 rings (SSSR count). The predicted molar refractivity (Wildman–Crippen MR) is 76.1 cm³/mol. The molecule has 0 saturated heterocycles. The Morgan fingerprint density at radius 1 is 1.35 bits per heavy atom. The fourth-order valence-corrected chi connectivity index (χ4v) is 2.49. The maximum atomic E-state index is 5.33. The first kappa shape index (κ1) is 14.8. The molecule has 1 unspecified atom stereocenters. The van der Waals surface area contributed by atoms with Gasteiger partial charge in [-0.05, 0) is 47.3 Å². The lowest BCUT2D eigenvalue weighted by Crippen LogP contribution is -2.22. The van der Waals surface area contributed by atoms with E-state index in [0.717, 1.165) is 23.6 Å². The van der Waals surface area contributed by atoms with Crippen LogP contribution in [0.25, 0.3) is 0 Å². The van der Waals surface area contributed by atoms with E-state index in [2.05, 4.69) is 48.1 Å². The van der Waals surface area contributed by atoms with Gasteiger partial charge in [-0.25, -0.2) is 0 Å². The number of hydrogen-bond donors (Lipinski definition) is 1. The summed E-state index contributed by atoms with van der Waals surface area (Å²) in [6.07, 6.45) is 6.64. The summed E-state index contributed by atoms with van der Waals surface area (Å²) in [5.41, 5.74) is 1.25. The number of nitrogens with one attached hydrogen (secondary N) is 1. The highest BCUT2D eigenvalue weighted by atomic mass is 79.9. The normalized spacial score (nSPS) is 13.2. The molecule has 1 N–H and O–H groups in total. The monoisotopic (exact) mass is 301 g/mol. The summed E-state index contributed by atoms with van der Waals surface area (Å²) in [4.78, 5) is 0. The quantitative estimate of drug-likeness (QED) is 0.738. The highest BCUT2D eigenvalue weighted by Crippen LogP contribution is 2.28. The molecule has 0 saturated carbocycles. The third kappa shape index (κ3) is 5.26. The van der Waals surface area contributed by atoms with E-state index in [0.29, 0.717) is 6.04 Å². The molecule has 3 heteroatoms. The van der Waals surface area contributed by atoms with E-state index in [4.69, 9.17) is 4.42 Å². The molecule has 0 aromatic carbocycles. The van der Waals surface area contributed by atoms with Crippen molar-refractivity contribution in [3.63, 3.8) is 0 Å². The van der Waals surface area contributed by atoms with Crippen LogP contribution in [0.4, 0.5) is 0 Å². The lowest BCUT2D eigenvalue weighted by atomic mass is 9.99. The van der Waals surface area contributed by atoms with Crippen LogP contribution in [0.5, 0.6) is 0 Å². The summed E-state index contributed by atoms with van der Waals surface area (Å²) in [7, 11) is 0. The van der Waals surface area contributed by atoms with Crippen LogP contribution >= 0.6 is 15.9 Å². The highest BCUT2D eigenvalue weighted by Gasteiger charge is 2.15. The van der Waals surface area contributed by atoms with Gasteiger partial charge in [-0.2, -0.15) is 0 Å². The van der Waals surface area contributed by atoms with Crippen LogP contribution in [0.1, 0.15) is 58.1 Å². The first-order chi connectivity index (χ1) is 8.15. The maximum Gasteiger partial charge on any atom is 0.173 e. The maximum absolute atomic E-state index is 5.33. The fraction of sp³-hybridized carbons (Fsp3) is 0.714. The molecule has 1 atom stereocenters. The second-order valence-corrected chi connectivity index (χ2v) is 5.70. The first-order valence-electron chi connectivity index (χ1n) is 6.61. The van der Waals surface area contributed by atoms with E-state index in [9.17, 15) is 0 Å². The number of rotatable bonds is 8. The van der Waals surface area contributed by atoms with Crippen LogP contribution in [-0.4, -0.2) is 6.54 Å². The molecule has 0 fully saturated rings. The summed E-state index contributed by atoms with van der Waals surface area (Å²) in [5.74, 6) is 0.787. The lowest BCUT2D eigenvalue weighted by molar-refractivity contribution is 0.439. The van der Waals surface area contributed by atoms with Gasteiger partial charge < -0.3 is 9.73 Å². The molecular formula is C14H24BrNO. The summed E-state index contributed by atoms with van der Waals surface area (Å²) in [6.45, 7) is 7.82. The first-order valence-corrected chi connectivity index (χ1v) is 7.40. The zero-order valence-electron chi connectivity index (χ0n) is 11.1. The minimum absolute atomic E-state index is 0.418. The second-order valence-electron chi connectivity index (χ2n) is 4.98. The molecule has 0 aliphatic carbocycles. The Kier molecular flexibility index (Phi) is 6.90. The Bertz CT molecular complexity index is 309. The lowest BCUT2D eigenvalue weighted by Gasteiger charge is -2.18. The predicted octanol–water partition coefficient (Wildman–Crippen LogP) is 4.91. The summed E-state index contributed by atoms with van der Waals surface area (Å²) < 4.78 is 6.20. The van der Waals surface area contributed by atoms with Gasteiger partial charge in [0.1, 0.15) is 0 Å². The van der Waals surface area contributed by atoms with Crippen LogP contribution in [0.15, 0.2) is 21.4 Å². The van der Waals surface area contributed by atoms with Crippen molar-refractivity contribution in [2.45, 2.75) is 52.5 Å². The number of halogens is 1. The van der Waals surface area contributed by atoms with Crippen molar-refractivity contribution in [1.29, 1.82) is 0 Å². The van der Waals surface area contributed by atoms with Gasteiger partial charge in [0.2, 0.25) is 0 Å². The smallest absolute Gasteiger partial charge is 0.173 e. The summed E-state index contributed by atoms with van der Waals surface area (Å²) in [5, 5.41) is 3.60. The van der Waals surface area contributed by atoms with Crippen molar-refractivity contribution < 1.29 is 4.42 Å². The third-order valence-corrected chi connectivity index (χ3v) is 3.58. The van der Waals surface area contributed by atoms with Gasteiger partial charge in [0, 0.05) is 11.6 Å². The van der Waals surface area contributed by atoms with Gasteiger partial charge in [0.15, 0.2) is 4.67 Å². The Morgan fingerprint density at radius 3 is 2.65 bits per heavy atom. The molecule has 0 radical (unpaired) electrons. The van der Waals surface area contributed by atoms with E-state index in [1.54, 1.807) is 6.26 Å². The summed E-state index contributed by atoms with van der Waals surface area (Å²) in [6, 6.07) is 2.48. The minimum Gasteiger partial charge on any atom is -0.457 e. The molecule has 1 aromatic heterocycles. The van der Waals surface area contributed by atoms with Crippen LogP contribution in [0.2, 0.25) is 0 Å². The zero-order valence-corrected chi connectivity index (χ0v) is 12.7. The molecule has 0 aliphatic heterocycles. The minimum atomic E-state index is 0.418. The molecule has 0 amide bonds. The van der Waals surface area contributed by atoms with Gasteiger partial charge in [-0.1, -0.05) is 33.6 Å². The number of hydrogen-bond acceptors (Lipinski definition) is 2. The molecular weight excluding hydrogens is 278 g/mol. The fourth-order valence-electron chi connectivity index (χ4n) is 1.97. The van der Waals surface area contributed by atoms with Crippen LogP contribution in [0, 0.1) is 5.92 Å².